The standard InChI is InChI=1S/C10H21NO/c1-8(2)11-6-5-9(12)10(3,4)7-11/h8-9,12H,5-7H2,1-4H3. The predicted octanol–water partition coefficient (Wildman–Crippen LogP) is 1.49. The maximum atomic E-state index is 9.71. The Morgan fingerprint density at radius 3 is 2.42 bits per heavy atom. The van der Waals surface area contributed by atoms with E-state index in [2.05, 4.69) is 32.6 Å². The first kappa shape index (κ1) is 10.0. The highest BCUT2D eigenvalue weighted by Crippen LogP contribution is 2.29. The van der Waals surface area contributed by atoms with E-state index in [1.807, 2.05) is 0 Å². The number of piperidine rings is 1. The summed E-state index contributed by atoms with van der Waals surface area (Å²) in [6, 6.07) is 0.608. The van der Waals surface area contributed by atoms with Crippen LogP contribution in [-0.4, -0.2) is 35.2 Å². The van der Waals surface area contributed by atoms with Crippen LogP contribution in [0.3, 0.4) is 0 Å². The van der Waals surface area contributed by atoms with Crippen molar-refractivity contribution in [3.63, 3.8) is 0 Å². The topological polar surface area (TPSA) is 23.5 Å². The molecule has 1 aliphatic rings. The van der Waals surface area contributed by atoms with Gasteiger partial charge in [0.1, 0.15) is 0 Å². The lowest BCUT2D eigenvalue weighted by atomic mass is 9.81. The summed E-state index contributed by atoms with van der Waals surface area (Å²) in [5.74, 6) is 0. The molecular formula is C10H21NO. The Balaban J connectivity index is 2.57. The van der Waals surface area contributed by atoms with E-state index in [0.29, 0.717) is 6.04 Å². The second-order valence-corrected chi connectivity index (χ2v) is 4.86. The number of aliphatic hydroxyl groups excluding tert-OH is 1. The summed E-state index contributed by atoms with van der Waals surface area (Å²) in [4.78, 5) is 2.44. The minimum absolute atomic E-state index is 0.0719. The zero-order valence-electron chi connectivity index (χ0n) is 8.67. The third-order valence-corrected chi connectivity index (χ3v) is 2.93. The molecule has 1 saturated heterocycles. The summed E-state index contributed by atoms with van der Waals surface area (Å²) in [6.45, 7) is 10.8. The molecule has 0 aromatic rings. The van der Waals surface area contributed by atoms with E-state index >= 15 is 0 Å². The van der Waals surface area contributed by atoms with Crippen LogP contribution in [0.1, 0.15) is 34.1 Å². The van der Waals surface area contributed by atoms with Gasteiger partial charge in [-0.05, 0) is 20.3 Å². The summed E-state index contributed by atoms with van der Waals surface area (Å²) in [7, 11) is 0. The van der Waals surface area contributed by atoms with Crippen molar-refractivity contribution >= 4 is 0 Å². The maximum absolute atomic E-state index is 9.71. The number of hydrogen-bond donors (Lipinski definition) is 1. The smallest absolute Gasteiger partial charge is 0.0615 e. The number of rotatable bonds is 1. The van der Waals surface area contributed by atoms with E-state index in [-0.39, 0.29) is 11.5 Å². The van der Waals surface area contributed by atoms with E-state index < -0.39 is 0 Å². The van der Waals surface area contributed by atoms with Crippen molar-refractivity contribution in [3.8, 4) is 0 Å². The minimum Gasteiger partial charge on any atom is -0.392 e. The average molecular weight is 171 g/mol. The van der Waals surface area contributed by atoms with Crippen LogP contribution < -0.4 is 0 Å². The van der Waals surface area contributed by atoms with Gasteiger partial charge in [-0.2, -0.15) is 0 Å². The van der Waals surface area contributed by atoms with Crippen LogP contribution in [0, 0.1) is 5.41 Å². The van der Waals surface area contributed by atoms with Gasteiger partial charge in [0.05, 0.1) is 6.10 Å². The molecule has 0 saturated carbocycles. The quantitative estimate of drug-likeness (QED) is 0.646. The van der Waals surface area contributed by atoms with Crippen molar-refractivity contribution in [2.45, 2.75) is 46.3 Å². The summed E-state index contributed by atoms with van der Waals surface area (Å²) < 4.78 is 0. The predicted molar refractivity (Wildman–Crippen MR) is 51.1 cm³/mol. The maximum Gasteiger partial charge on any atom is 0.0615 e. The highest BCUT2D eigenvalue weighted by Gasteiger charge is 2.34. The van der Waals surface area contributed by atoms with Crippen LogP contribution in [0.5, 0.6) is 0 Å². The van der Waals surface area contributed by atoms with Gasteiger partial charge >= 0.3 is 0 Å². The third-order valence-electron chi connectivity index (χ3n) is 2.93. The minimum atomic E-state index is -0.118. The molecule has 1 N–H and O–H groups in total. The summed E-state index contributed by atoms with van der Waals surface area (Å²) in [6.07, 6.45) is 0.804. The number of nitrogens with zero attached hydrogens (tertiary/aromatic N) is 1. The molecule has 12 heavy (non-hydrogen) atoms. The van der Waals surface area contributed by atoms with Gasteiger partial charge in [0.15, 0.2) is 0 Å². The molecule has 0 spiro atoms. The summed E-state index contributed by atoms with van der Waals surface area (Å²) in [5.41, 5.74) is 0.0719. The lowest BCUT2D eigenvalue weighted by Gasteiger charge is -2.43. The van der Waals surface area contributed by atoms with Gasteiger partial charge in [0.2, 0.25) is 0 Å². The summed E-state index contributed by atoms with van der Waals surface area (Å²) in [5, 5.41) is 9.71. The van der Waals surface area contributed by atoms with Gasteiger partial charge < -0.3 is 10.0 Å². The average Bonchev–Trinajstić information content (AvgIpc) is 1.94. The van der Waals surface area contributed by atoms with Crippen LogP contribution in [0.4, 0.5) is 0 Å². The fraction of sp³-hybridized carbons (Fsp3) is 1.00. The molecule has 2 nitrogen and oxygen atoms in total. The monoisotopic (exact) mass is 171 g/mol. The zero-order chi connectivity index (χ0) is 9.35. The largest absolute Gasteiger partial charge is 0.392 e. The van der Waals surface area contributed by atoms with Crippen LogP contribution >= 0.6 is 0 Å². The first-order chi connectivity index (χ1) is 5.43. The molecule has 72 valence electrons. The second kappa shape index (κ2) is 3.35. The van der Waals surface area contributed by atoms with Crippen molar-refractivity contribution in [1.82, 2.24) is 4.90 Å². The van der Waals surface area contributed by atoms with E-state index in [4.69, 9.17) is 0 Å². The number of aliphatic hydroxyl groups is 1. The lowest BCUT2D eigenvalue weighted by molar-refractivity contribution is -0.0336. The fourth-order valence-corrected chi connectivity index (χ4v) is 1.83. The van der Waals surface area contributed by atoms with Crippen LogP contribution in [-0.2, 0) is 0 Å². The van der Waals surface area contributed by atoms with Crippen LogP contribution in [0.2, 0.25) is 0 Å². The molecule has 0 aromatic carbocycles. The number of hydrogen-bond acceptors (Lipinski definition) is 2. The number of likely N-dealkylation sites (tertiary alicyclic amines) is 1. The van der Waals surface area contributed by atoms with Gasteiger partial charge in [-0.3, -0.25) is 0 Å². The van der Waals surface area contributed by atoms with Crippen molar-refractivity contribution in [2.75, 3.05) is 13.1 Å². The Hall–Kier alpha value is -0.0800. The normalized spacial score (nSPS) is 31.0. The van der Waals surface area contributed by atoms with Crippen molar-refractivity contribution in [1.29, 1.82) is 0 Å². The molecular weight excluding hydrogens is 150 g/mol. The zero-order valence-corrected chi connectivity index (χ0v) is 8.67. The van der Waals surface area contributed by atoms with Gasteiger partial charge in [0, 0.05) is 24.5 Å². The van der Waals surface area contributed by atoms with Gasteiger partial charge in [-0.25, -0.2) is 0 Å². The Bertz CT molecular complexity index is 154. The summed E-state index contributed by atoms with van der Waals surface area (Å²) >= 11 is 0. The van der Waals surface area contributed by atoms with E-state index in [1.165, 1.54) is 0 Å². The molecule has 2 heteroatoms. The molecule has 1 atom stereocenters. The molecule has 0 bridgehead atoms. The van der Waals surface area contributed by atoms with Crippen LogP contribution in [0.15, 0.2) is 0 Å². The molecule has 1 heterocycles. The first-order valence-electron chi connectivity index (χ1n) is 4.85. The van der Waals surface area contributed by atoms with Crippen molar-refractivity contribution in [3.05, 3.63) is 0 Å². The van der Waals surface area contributed by atoms with E-state index in [0.717, 1.165) is 19.5 Å². The third kappa shape index (κ3) is 1.99. The van der Waals surface area contributed by atoms with Gasteiger partial charge in [-0.1, -0.05) is 13.8 Å². The first-order valence-corrected chi connectivity index (χ1v) is 4.85. The molecule has 1 rings (SSSR count). The highest BCUT2D eigenvalue weighted by molar-refractivity contribution is 4.87. The van der Waals surface area contributed by atoms with Crippen molar-refractivity contribution in [2.24, 2.45) is 5.41 Å². The highest BCUT2D eigenvalue weighted by atomic mass is 16.3. The Kier molecular flexibility index (Phi) is 2.79. The van der Waals surface area contributed by atoms with Crippen molar-refractivity contribution < 1.29 is 5.11 Å². The fourth-order valence-electron chi connectivity index (χ4n) is 1.83. The Labute approximate surface area is 75.6 Å². The molecule has 0 amide bonds. The second-order valence-electron chi connectivity index (χ2n) is 4.86. The molecule has 0 aromatic heterocycles. The Morgan fingerprint density at radius 1 is 1.42 bits per heavy atom. The van der Waals surface area contributed by atoms with Gasteiger partial charge in [-0.15, -0.1) is 0 Å². The van der Waals surface area contributed by atoms with E-state index in [1.54, 1.807) is 0 Å². The molecule has 1 fully saturated rings. The van der Waals surface area contributed by atoms with E-state index in [9.17, 15) is 5.11 Å². The van der Waals surface area contributed by atoms with Gasteiger partial charge in [0.25, 0.3) is 0 Å². The molecule has 0 radical (unpaired) electrons. The SMILES string of the molecule is CC(C)N1CCC(O)C(C)(C)C1. The molecule has 1 aliphatic heterocycles. The molecule has 1 unspecified atom stereocenters. The van der Waals surface area contributed by atoms with Crippen LogP contribution in [0.25, 0.3) is 0 Å². The molecule has 0 aliphatic carbocycles. The Morgan fingerprint density at radius 2 is 2.00 bits per heavy atom. The lowest BCUT2D eigenvalue weighted by Crippen LogP contribution is -2.50.